The third kappa shape index (κ3) is 4.29. The van der Waals surface area contributed by atoms with Gasteiger partial charge in [0.15, 0.2) is 0 Å². The van der Waals surface area contributed by atoms with Gasteiger partial charge < -0.3 is 5.32 Å². The Bertz CT molecular complexity index is 770. The van der Waals surface area contributed by atoms with Crippen LogP contribution in [0.25, 0.3) is 10.6 Å². The molecule has 0 aliphatic carbocycles. The Balaban J connectivity index is 1.89. The van der Waals surface area contributed by atoms with Crippen molar-refractivity contribution in [1.29, 1.82) is 0 Å². The van der Waals surface area contributed by atoms with Gasteiger partial charge in [-0.05, 0) is 32.9 Å². The first kappa shape index (κ1) is 19.4. The summed E-state index contributed by atoms with van der Waals surface area (Å²) in [5.41, 5.74) is -0.373. The molecule has 1 N–H and O–H groups in total. The number of rotatable bonds is 4. The minimum absolute atomic E-state index is 0.0975. The zero-order valence-corrected chi connectivity index (χ0v) is 16.4. The molecular weight excluding hydrogens is 383 g/mol. The molecule has 0 aromatic carbocycles. The van der Waals surface area contributed by atoms with Gasteiger partial charge in [-0.25, -0.2) is 15.0 Å². The van der Waals surface area contributed by atoms with Crippen molar-refractivity contribution in [2.75, 3.05) is 24.7 Å². The molecule has 0 radical (unpaired) electrons. The monoisotopic (exact) mass is 403 g/mol. The summed E-state index contributed by atoms with van der Waals surface area (Å²) in [5.74, 6) is 0.237. The molecule has 0 saturated carbocycles. The molecule has 142 valence electrons. The van der Waals surface area contributed by atoms with E-state index in [9.17, 15) is 13.2 Å². The topological polar surface area (TPSA) is 53.9 Å². The maximum Gasteiger partial charge on any atom is 0.420 e. The smallest absolute Gasteiger partial charge is 0.351 e. The van der Waals surface area contributed by atoms with E-state index >= 15 is 0 Å². The van der Waals surface area contributed by atoms with Crippen LogP contribution in [0.4, 0.5) is 19.1 Å². The van der Waals surface area contributed by atoms with Gasteiger partial charge in [0.1, 0.15) is 5.56 Å². The van der Waals surface area contributed by atoms with Crippen LogP contribution in [-0.2, 0) is 6.18 Å². The molecule has 1 fully saturated rings. The number of hydrogen-bond acceptors (Lipinski definition) is 7. The first-order chi connectivity index (χ1) is 12.3. The van der Waals surface area contributed by atoms with Crippen LogP contribution in [-0.4, -0.2) is 44.6 Å². The summed E-state index contributed by atoms with van der Waals surface area (Å²) < 4.78 is 42.5. The molecule has 0 amide bonds. The molecule has 0 atom stereocenters. The molecule has 10 heteroatoms. The van der Waals surface area contributed by atoms with E-state index in [0.29, 0.717) is 15.6 Å². The third-order valence-corrected chi connectivity index (χ3v) is 6.22. The number of piperidine rings is 1. The van der Waals surface area contributed by atoms with Gasteiger partial charge in [-0.1, -0.05) is 11.9 Å². The first-order valence-corrected chi connectivity index (χ1v) is 10.2. The number of aromatic nitrogens is 3. The van der Waals surface area contributed by atoms with E-state index in [1.807, 2.05) is 6.26 Å². The highest BCUT2D eigenvalue weighted by atomic mass is 32.2. The van der Waals surface area contributed by atoms with Crippen molar-refractivity contribution in [3.05, 3.63) is 22.5 Å². The molecule has 0 spiro atoms. The summed E-state index contributed by atoms with van der Waals surface area (Å²) in [4.78, 5) is 12.8. The van der Waals surface area contributed by atoms with E-state index < -0.39 is 11.7 Å². The van der Waals surface area contributed by atoms with Crippen LogP contribution >= 0.6 is 23.3 Å². The molecule has 3 heterocycles. The van der Waals surface area contributed by atoms with Gasteiger partial charge >= 0.3 is 6.18 Å². The van der Waals surface area contributed by atoms with Crippen molar-refractivity contribution in [3.8, 4) is 10.6 Å². The van der Waals surface area contributed by atoms with Gasteiger partial charge in [-0.2, -0.15) is 13.2 Å². The van der Waals surface area contributed by atoms with Gasteiger partial charge in [0, 0.05) is 25.3 Å². The molecular formula is C16H20F3N5S2. The Labute approximate surface area is 158 Å². The molecule has 1 saturated heterocycles. The van der Waals surface area contributed by atoms with Crippen molar-refractivity contribution in [3.63, 3.8) is 0 Å². The number of alkyl halides is 3. The van der Waals surface area contributed by atoms with E-state index in [0.717, 1.165) is 32.1 Å². The molecule has 5 nitrogen and oxygen atoms in total. The summed E-state index contributed by atoms with van der Waals surface area (Å²) in [5, 5.41) is 3.91. The van der Waals surface area contributed by atoms with Gasteiger partial charge in [0.25, 0.3) is 0 Å². The first-order valence-electron chi connectivity index (χ1n) is 8.22. The quantitative estimate of drug-likeness (QED) is 0.764. The van der Waals surface area contributed by atoms with E-state index in [2.05, 4.69) is 24.6 Å². The van der Waals surface area contributed by atoms with E-state index in [1.54, 1.807) is 25.8 Å². The van der Waals surface area contributed by atoms with Gasteiger partial charge in [0.2, 0.25) is 5.95 Å². The number of anilines is 1. The molecule has 0 unspecified atom stereocenters. The van der Waals surface area contributed by atoms with Crippen LogP contribution < -0.4 is 5.32 Å². The van der Waals surface area contributed by atoms with Crippen LogP contribution in [0.15, 0.2) is 6.20 Å². The average Bonchev–Trinajstić information content (AvgIpc) is 2.93. The number of halogens is 3. The summed E-state index contributed by atoms with van der Waals surface area (Å²) in [6.07, 6.45) is 0.203. The highest BCUT2D eigenvalue weighted by Crippen LogP contribution is 2.39. The minimum atomic E-state index is -4.51. The summed E-state index contributed by atoms with van der Waals surface area (Å²) in [6.45, 7) is 5.33. The van der Waals surface area contributed by atoms with Crippen molar-refractivity contribution in [2.45, 2.75) is 38.9 Å². The second-order valence-corrected chi connectivity index (χ2v) is 8.22. The zero-order chi connectivity index (χ0) is 18.9. The normalized spacial score (nSPS) is 16.8. The van der Waals surface area contributed by atoms with Gasteiger partial charge in [-0.15, -0.1) is 11.3 Å². The molecule has 2 aromatic rings. The van der Waals surface area contributed by atoms with Gasteiger partial charge in [-0.3, -0.25) is 4.31 Å². The predicted molar refractivity (Wildman–Crippen MR) is 99.3 cm³/mol. The Hall–Kier alpha value is -1.39. The predicted octanol–water partition coefficient (Wildman–Crippen LogP) is 4.39. The van der Waals surface area contributed by atoms with E-state index in [-0.39, 0.29) is 17.7 Å². The summed E-state index contributed by atoms with van der Waals surface area (Å²) >= 11 is 2.92. The van der Waals surface area contributed by atoms with Gasteiger partial charge in [0.05, 0.1) is 21.3 Å². The zero-order valence-electron chi connectivity index (χ0n) is 14.7. The molecule has 2 aromatic heterocycles. The van der Waals surface area contributed by atoms with Crippen molar-refractivity contribution in [2.24, 2.45) is 0 Å². The van der Waals surface area contributed by atoms with Crippen LogP contribution in [0.5, 0.6) is 0 Å². The molecule has 1 aliphatic rings. The maximum absolute atomic E-state index is 13.4. The lowest BCUT2D eigenvalue weighted by atomic mass is 10.1. The molecule has 1 aliphatic heterocycles. The fourth-order valence-corrected chi connectivity index (χ4v) is 4.45. The average molecular weight is 403 g/mol. The Morgan fingerprint density at radius 3 is 2.46 bits per heavy atom. The fourth-order valence-electron chi connectivity index (χ4n) is 2.95. The lowest BCUT2D eigenvalue weighted by Crippen LogP contribution is -2.35. The SMILES string of the molecule is CSN1CCC(Nc2ncc(C(F)(F)F)c(-c3sc(C)nc3C)n2)CC1. The lowest BCUT2D eigenvalue weighted by molar-refractivity contribution is -0.137. The highest BCUT2D eigenvalue weighted by molar-refractivity contribution is 7.96. The number of hydrogen-bond donors (Lipinski definition) is 1. The van der Waals surface area contributed by atoms with Crippen LogP contribution in [0.3, 0.4) is 0 Å². The Kier molecular flexibility index (Phi) is 5.73. The van der Waals surface area contributed by atoms with Crippen LogP contribution in [0.2, 0.25) is 0 Å². The second-order valence-electron chi connectivity index (χ2n) is 6.13. The van der Waals surface area contributed by atoms with Crippen molar-refractivity contribution >= 4 is 29.2 Å². The van der Waals surface area contributed by atoms with E-state index in [1.165, 1.54) is 11.3 Å². The second kappa shape index (κ2) is 7.69. The Morgan fingerprint density at radius 1 is 1.23 bits per heavy atom. The highest BCUT2D eigenvalue weighted by Gasteiger charge is 2.36. The maximum atomic E-state index is 13.4. The Morgan fingerprint density at radius 2 is 1.92 bits per heavy atom. The van der Waals surface area contributed by atoms with Crippen molar-refractivity contribution < 1.29 is 13.2 Å². The van der Waals surface area contributed by atoms with E-state index in [4.69, 9.17) is 0 Å². The summed E-state index contributed by atoms with van der Waals surface area (Å²) in [6, 6.07) is 0.160. The molecule has 0 bridgehead atoms. The minimum Gasteiger partial charge on any atom is -0.351 e. The standard InChI is InChI=1S/C16H20F3N5S2/c1-9-14(26-10(2)21-9)13-12(16(17,18)19)8-20-15(23-13)22-11-4-6-24(25-3)7-5-11/h8,11H,4-7H2,1-3H3,(H,20,22,23). The lowest BCUT2D eigenvalue weighted by Gasteiger charge is -2.30. The summed E-state index contributed by atoms with van der Waals surface area (Å²) in [7, 11) is 0. The number of aryl methyl sites for hydroxylation is 2. The molecule has 3 rings (SSSR count). The van der Waals surface area contributed by atoms with Crippen molar-refractivity contribution in [1.82, 2.24) is 19.3 Å². The largest absolute Gasteiger partial charge is 0.420 e. The third-order valence-electron chi connectivity index (χ3n) is 4.26. The molecule has 26 heavy (non-hydrogen) atoms. The fraction of sp³-hybridized carbons (Fsp3) is 0.562. The number of nitrogens with one attached hydrogen (secondary N) is 1. The van der Waals surface area contributed by atoms with Crippen LogP contribution in [0.1, 0.15) is 29.1 Å². The van der Waals surface area contributed by atoms with Crippen LogP contribution in [0, 0.1) is 13.8 Å². The number of thiazole rings is 1. The number of nitrogens with zero attached hydrogens (tertiary/aromatic N) is 4.